The number of hydrogen-bond acceptors (Lipinski definition) is 4. The number of carbonyl (C=O) groups is 2. The van der Waals surface area contributed by atoms with E-state index in [2.05, 4.69) is 10.2 Å². The normalized spacial score (nSPS) is 32.5. The van der Waals surface area contributed by atoms with Crippen molar-refractivity contribution < 1.29 is 9.59 Å². The van der Waals surface area contributed by atoms with Crippen molar-refractivity contribution in [1.29, 1.82) is 0 Å². The highest BCUT2D eigenvalue weighted by atomic mass is 16.2. The lowest BCUT2D eigenvalue weighted by Gasteiger charge is -2.37. The van der Waals surface area contributed by atoms with Crippen molar-refractivity contribution in [3.63, 3.8) is 0 Å². The Kier molecular flexibility index (Phi) is 4.17. The summed E-state index contributed by atoms with van der Waals surface area (Å²) in [5.74, 6) is 0.652. The van der Waals surface area contributed by atoms with Gasteiger partial charge in [-0.3, -0.25) is 14.5 Å². The van der Waals surface area contributed by atoms with Gasteiger partial charge in [-0.1, -0.05) is 0 Å². The van der Waals surface area contributed by atoms with E-state index in [4.69, 9.17) is 0 Å². The molecule has 21 heavy (non-hydrogen) atoms. The van der Waals surface area contributed by atoms with Gasteiger partial charge in [0.1, 0.15) is 0 Å². The zero-order valence-electron chi connectivity index (χ0n) is 13.0. The van der Waals surface area contributed by atoms with Crippen LogP contribution in [0.15, 0.2) is 0 Å². The molecule has 0 saturated carbocycles. The Morgan fingerprint density at radius 2 is 1.86 bits per heavy atom. The summed E-state index contributed by atoms with van der Waals surface area (Å²) in [5.41, 5.74) is 0. The maximum Gasteiger partial charge on any atom is 0.236 e. The molecule has 0 spiro atoms. The molecule has 3 fully saturated rings. The standard InChI is InChI=1S/C15H26N4O2/c1-17(2)14(20)10-18-5-7-19(8-6-18)15(21)12-9-11-3-4-13(12)16-11/h11-13,16H,3-10H2,1-2H3. The maximum absolute atomic E-state index is 12.6. The van der Waals surface area contributed by atoms with Crippen LogP contribution in [0.2, 0.25) is 0 Å². The summed E-state index contributed by atoms with van der Waals surface area (Å²) in [7, 11) is 3.56. The molecule has 0 aromatic rings. The minimum Gasteiger partial charge on any atom is -0.348 e. The van der Waals surface area contributed by atoms with E-state index in [1.807, 2.05) is 4.90 Å². The van der Waals surface area contributed by atoms with Crippen LogP contribution < -0.4 is 5.32 Å². The molecule has 3 atom stereocenters. The molecule has 3 saturated heterocycles. The third-order valence-corrected chi connectivity index (χ3v) is 5.16. The first-order valence-electron chi connectivity index (χ1n) is 8.02. The van der Waals surface area contributed by atoms with Gasteiger partial charge in [-0.05, 0) is 19.3 Å². The Balaban J connectivity index is 1.47. The van der Waals surface area contributed by atoms with Crippen LogP contribution in [-0.2, 0) is 9.59 Å². The van der Waals surface area contributed by atoms with Gasteiger partial charge in [0.25, 0.3) is 0 Å². The van der Waals surface area contributed by atoms with Gasteiger partial charge >= 0.3 is 0 Å². The Morgan fingerprint density at radius 1 is 1.14 bits per heavy atom. The largest absolute Gasteiger partial charge is 0.348 e. The third-order valence-electron chi connectivity index (χ3n) is 5.16. The molecule has 3 aliphatic heterocycles. The minimum absolute atomic E-state index is 0.132. The van der Waals surface area contributed by atoms with E-state index in [1.165, 1.54) is 6.42 Å². The highest BCUT2D eigenvalue weighted by molar-refractivity contribution is 5.80. The second kappa shape index (κ2) is 5.93. The van der Waals surface area contributed by atoms with Gasteiger partial charge in [-0.25, -0.2) is 0 Å². The monoisotopic (exact) mass is 294 g/mol. The van der Waals surface area contributed by atoms with Crippen molar-refractivity contribution in [1.82, 2.24) is 20.0 Å². The Labute approximate surface area is 126 Å². The number of piperazine rings is 1. The van der Waals surface area contributed by atoms with E-state index in [0.717, 1.165) is 39.0 Å². The van der Waals surface area contributed by atoms with E-state index >= 15 is 0 Å². The van der Waals surface area contributed by atoms with Gasteiger partial charge in [0.15, 0.2) is 0 Å². The van der Waals surface area contributed by atoms with Gasteiger partial charge in [0, 0.05) is 52.4 Å². The van der Waals surface area contributed by atoms with E-state index < -0.39 is 0 Å². The van der Waals surface area contributed by atoms with Crippen molar-refractivity contribution in [3.8, 4) is 0 Å². The highest BCUT2D eigenvalue weighted by Gasteiger charge is 2.44. The molecule has 0 aliphatic carbocycles. The molecule has 2 amide bonds. The van der Waals surface area contributed by atoms with Crippen molar-refractivity contribution in [2.45, 2.75) is 31.3 Å². The van der Waals surface area contributed by atoms with E-state index in [1.54, 1.807) is 19.0 Å². The lowest BCUT2D eigenvalue weighted by molar-refractivity contribution is -0.138. The molecule has 3 unspecified atom stereocenters. The number of nitrogens with one attached hydrogen (secondary N) is 1. The van der Waals surface area contributed by atoms with Crippen molar-refractivity contribution in [2.75, 3.05) is 46.8 Å². The van der Waals surface area contributed by atoms with Crippen LogP contribution in [0.4, 0.5) is 0 Å². The predicted molar refractivity (Wildman–Crippen MR) is 79.8 cm³/mol. The first kappa shape index (κ1) is 14.8. The molecular weight excluding hydrogens is 268 g/mol. The summed E-state index contributed by atoms with van der Waals surface area (Å²) < 4.78 is 0. The smallest absolute Gasteiger partial charge is 0.236 e. The fourth-order valence-corrected chi connectivity index (χ4v) is 3.79. The van der Waals surface area contributed by atoms with Crippen LogP contribution in [0, 0.1) is 5.92 Å². The summed E-state index contributed by atoms with van der Waals surface area (Å²) in [6.07, 6.45) is 3.40. The lowest BCUT2D eigenvalue weighted by atomic mass is 9.88. The quantitative estimate of drug-likeness (QED) is 0.752. The van der Waals surface area contributed by atoms with Gasteiger partial charge in [-0.2, -0.15) is 0 Å². The average molecular weight is 294 g/mol. The second-order valence-corrected chi connectivity index (χ2v) is 6.78. The molecule has 3 rings (SSSR count). The van der Waals surface area contributed by atoms with Crippen LogP contribution in [0.3, 0.4) is 0 Å². The van der Waals surface area contributed by atoms with E-state index in [-0.39, 0.29) is 11.8 Å². The summed E-state index contributed by atoms with van der Waals surface area (Å²) in [5, 5.41) is 3.54. The zero-order chi connectivity index (χ0) is 15.0. The van der Waals surface area contributed by atoms with Crippen LogP contribution in [0.1, 0.15) is 19.3 Å². The Bertz CT molecular complexity index is 418. The van der Waals surface area contributed by atoms with Crippen LogP contribution in [-0.4, -0.2) is 85.4 Å². The minimum atomic E-state index is 0.132. The Hall–Kier alpha value is -1.14. The first-order chi connectivity index (χ1) is 10.0. The fraction of sp³-hybridized carbons (Fsp3) is 0.867. The molecule has 118 valence electrons. The van der Waals surface area contributed by atoms with Gasteiger partial charge < -0.3 is 15.1 Å². The molecule has 3 heterocycles. The van der Waals surface area contributed by atoms with Crippen molar-refractivity contribution in [2.24, 2.45) is 5.92 Å². The molecule has 0 aromatic carbocycles. The molecule has 6 nitrogen and oxygen atoms in total. The number of rotatable bonds is 3. The maximum atomic E-state index is 12.6. The van der Waals surface area contributed by atoms with Crippen LogP contribution >= 0.6 is 0 Å². The van der Waals surface area contributed by atoms with Crippen molar-refractivity contribution in [3.05, 3.63) is 0 Å². The Morgan fingerprint density at radius 3 is 2.38 bits per heavy atom. The summed E-state index contributed by atoms with van der Waals surface area (Å²) in [4.78, 5) is 30.1. The zero-order valence-corrected chi connectivity index (χ0v) is 13.0. The summed E-state index contributed by atoms with van der Waals surface area (Å²) in [6, 6.07) is 0.985. The van der Waals surface area contributed by atoms with E-state index in [0.29, 0.717) is 24.5 Å². The molecule has 6 heteroatoms. The summed E-state index contributed by atoms with van der Waals surface area (Å²) >= 11 is 0. The van der Waals surface area contributed by atoms with Crippen molar-refractivity contribution >= 4 is 11.8 Å². The number of likely N-dealkylation sites (N-methyl/N-ethyl adjacent to an activating group) is 1. The number of hydrogen-bond donors (Lipinski definition) is 1. The molecular formula is C15H26N4O2. The topological polar surface area (TPSA) is 55.9 Å². The molecule has 2 bridgehead atoms. The van der Waals surface area contributed by atoms with Gasteiger partial charge in [0.2, 0.25) is 11.8 Å². The number of fused-ring (bicyclic) bond motifs is 2. The molecule has 0 radical (unpaired) electrons. The SMILES string of the molecule is CN(C)C(=O)CN1CCN(C(=O)C2CC3CCC2N3)CC1. The summed E-state index contributed by atoms with van der Waals surface area (Å²) in [6.45, 7) is 3.59. The predicted octanol–water partition coefficient (Wildman–Crippen LogP) is -0.641. The van der Waals surface area contributed by atoms with Gasteiger partial charge in [-0.15, -0.1) is 0 Å². The molecule has 3 aliphatic rings. The number of amides is 2. The average Bonchev–Trinajstić information content (AvgIpc) is 3.10. The number of nitrogens with zero attached hydrogens (tertiary/aromatic N) is 3. The van der Waals surface area contributed by atoms with Crippen LogP contribution in [0.5, 0.6) is 0 Å². The fourth-order valence-electron chi connectivity index (χ4n) is 3.79. The number of carbonyl (C=O) groups excluding carboxylic acids is 2. The van der Waals surface area contributed by atoms with E-state index in [9.17, 15) is 9.59 Å². The molecule has 0 aromatic heterocycles. The highest BCUT2D eigenvalue weighted by Crippen LogP contribution is 2.34. The molecule has 1 N–H and O–H groups in total. The lowest BCUT2D eigenvalue weighted by Crippen LogP contribution is -2.53. The first-order valence-corrected chi connectivity index (χ1v) is 8.02. The second-order valence-electron chi connectivity index (χ2n) is 6.78. The third kappa shape index (κ3) is 3.06. The van der Waals surface area contributed by atoms with Gasteiger partial charge in [0.05, 0.1) is 12.5 Å². The van der Waals surface area contributed by atoms with Crippen LogP contribution in [0.25, 0.3) is 0 Å².